The Morgan fingerprint density at radius 2 is 1.43 bits per heavy atom. The third-order valence-electron chi connectivity index (χ3n) is 1.79. The van der Waals surface area contributed by atoms with Crippen LogP contribution in [0.15, 0.2) is 0 Å². The van der Waals surface area contributed by atoms with Gasteiger partial charge in [-0.2, -0.15) is 8.42 Å². The van der Waals surface area contributed by atoms with Crippen LogP contribution in [0.5, 0.6) is 0 Å². The molecule has 0 bridgehead atoms. The van der Waals surface area contributed by atoms with Crippen LogP contribution in [0, 0.1) is 0 Å². The van der Waals surface area contributed by atoms with Crippen molar-refractivity contribution in [1.82, 2.24) is 0 Å². The van der Waals surface area contributed by atoms with Crippen molar-refractivity contribution in [3.8, 4) is 0 Å². The number of hydrogen-bond acceptors (Lipinski definition) is 2. The number of hydrogen-bond donors (Lipinski definition) is 1. The van der Waals surface area contributed by atoms with Crippen molar-refractivity contribution >= 4 is 26.0 Å². The molecular weight excluding hydrogens is 279 g/mol. The minimum Gasteiger partial charge on any atom is -1.00 e. The molecule has 1 N–H and O–H groups in total. The fourth-order valence-electron chi connectivity index (χ4n) is 1.09. The number of halogens is 1. The summed E-state index contributed by atoms with van der Waals surface area (Å²) in [6.45, 7) is 0. The third-order valence-corrected chi connectivity index (χ3v) is 3.15. The summed E-state index contributed by atoms with van der Waals surface area (Å²) in [5.41, 5.74) is 0. The third kappa shape index (κ3) is 15.8. The summed E-state index contributed by atoms with van der Waals surface area (Å²) in [6, 6.07) is 0. The van der Waals surface area contributed by atoms with Crippen LogP contribution in [0.2, 0.25) is 0 Å². The summed E-state index contributed by atoms with van der Waals surface area (Å²) in [5, 5.41) is 1.04. The van der Waals surface area contributed by atoms with E-state index >= 15 is 0 Å². The van der Waals surface area contributed by atoms with E-state index in [-0.39, 0.29) is 36.7 Å². The minimum absolute atomic E-state index is 0. The summed E-state index contributed by atoms with van der Waals surface area (Å²) >= 11 is 3.35. The van der Waals surface area contributed by atoms with Crippen LogP contribution >= 0.6 is 15.9 Å². The van der Waals surface area contributed by atoms with Crippen molar-refractivity contribution in [2.24, 2.45) is 0 Å². The van der Waals surface area contributed by atoms with Crippen molar-refractivity contribution in [3.05, 3.63) is 0 Å². The molecule has 0 aliphatic carbocycles. The molecule has 0 aromatic rings. The summed E-state index contributed by atoms with van der Waals surface area (Å²) in [7, 11) is -3.73. The number of rotatable bonds is 8. The Bertz CT molecular complexity index is 212. The average Bonchev–Trinajstić information content (AvgIpc) is 2.01. The number of alkyl halides is 1. The molecule has 0 aromatic heterocycles. The van der Waals surface area contributed by atoms with Crippen LogP contribution in [0.25, 0.3) is 0 Å². The molecule has 0 atom stereocenters. The first-order valence-electron chi connectivity index (χ1n) is 4.57. The maximum atomic E-state index is 10.3. The quantitative estimate of drug-likeness (QED) is 0.290. The zero-order valence-corrected chi connectivity index (χ0v) is 13.1. The largest absolute Gasteiger partial charge is 1.00 e. The molecule has 3 nitrogen and oxygen atoms in total. The van der Waals surface area contributed by atoms with E-state index in [1.54, 1.807) is 0 Å². The van der Waals surface area contributed by atoms with E-state index in [0.717, 1.165) is 24.6 Å². The molecule has 0 fully saturated rings. The standard InChI is InChI=1S/C8H17BrO3S.Na.H/c9-7-5-3-1-2-4-6-8-13(10,11)12;;/h1-8H2,(H,10,11,12);;/q;+1;-1. The molecule has 0 aromatic carbocycles. The van der Waals surface area contributed by atoms with Gasteiger partial charge in [-0.05, 0) is 12.8 Å². The zero-order chi connectivity index (χ0) is 10.2. The maximum Gasteiger partial charge on any atom is 1.00 e. The van der Waals surface area contributed by atoms with Crippen molar-refractivity contribution in [2.75, 3.05) is 11.1 Å². The van der Waals surface area contributed by atoms with Crippen LogP contribution < -0.4 is 29.6 Å². The zero-order valence-electron chi connectivity index (χ0n) is 9.71. The summed E-state index contributed by atoms with van der Waals surface area (Å²) in [4.78, 5) is 0. The van der Waals surface area contributed by atoms with Gasteiger partial charge in [-0.1, -0.05) is 41.6 Å². The number of unbranched alkanes of at least 4 members (excludes halogenated alkanes) is 5. The fraction of sp³-hybridized carbons (Fsp3) is 1.00. The van der Waals surface area contributed by atoms with Gasteiger partial charge in [0.05, 0.1) is 5.75 Å². The van der Waals surface area contributed by atoms with Crippen molar-refractivity contribution in [1.29, 1.82) is 0 Å². The minimum atomic E-state index is -3.73. The van der Waals surface area contributed by atoms with E-state index in [2.05, 4.69) is 15.9 Å². The van der Waals surface area contributed by atoms with Gasteiger partial charge in [-0.25, -0.2) is 0 Å². The Kier molecular flexibility index (Phi) is 13.8. The first-order chi connectivity index (χ1) is 6.06. The normalized spacial score (nSPS) is 11.0. The van der Waals surface area contributed by atoms with E-state index in [1.807, 2.05) is 0 Å². The molecule has 6 heteroatoms. The van der Waals surface area contributed by atoms with Gasteiger partial charge in [0.25, 0.3) is 10.1 Å². The average molecular weight is 297 g/mol. The van der Waals surface area contributed by atoms with Gasteiger partial charge in [-0.15, -0.1) is 0 Å². The molecule has 0 heterocycles. The Labute approximate surface area is 119 Å². The molecular formula is C8H18BrNaO3S. The van der Waals surface area contributed by atoms with Gasteiger partial charge >= 0.3 is 29.6 Å². The summed E-state index contributed by atoms with van der Waals surface area (Å²) in [6.07, 6.45) is 6.05. The van der Waals surface area contributed by atoms with Gasteiger partial charge in [0, 0.05) is 5.33 Å². The second-order valence-corrected chi connectivity index (χ2v) is 5.46. The van der Waals surface area contributed by atoms with E-state index < -0.39 is 10.1 Å². The molecule has 0 saturated carbocycles. The second-order valence-electron chi connectivity index (χ2n) is 3.10. The first kappa shape index (κ1) is 17.8. The SMILES string of the molecule is O=S(=O)(O)CCCCCCCCBr.[H-].[Na+]. The Balaban J connectivity index is -0.000000720. The molecule has 0 saturated heterocycles. The topological polar surface area (TPSA) is 54.4 Å². The van der Waals surface area contributed by atoms with Gasteiger partial charge in [0.15, 0.2) is 0 Å². The van der Waals surface area contributed by atoms with E-state index in [0.29, 0.717) is 6.42 Å². The second kappa shape index (κ2) is 10.9. The van der Waals surface area contributed by atoms with E-state index in [9.17, 15) is 8.42 Å². The molecule has 14 heavy (non-hydrogen) atoms. The fourth-order valence-corrected chi connectivity index (χ4v) is 2.05. The molecule has 82 valence electrons. The predicted octanol–water partition coefficient (Wildman–Crippen LogP) is -0.274. The molecule has 0 amide bonds. The Hall–Kier alpha value is 1.39. The van der Waals surface area contributed by atoms with Gasteiger partial charge in [0.2, 0.25) is 0 Å². The van der Waals surface area contributed by atoms with Crippen molar-refractivity contribution < 1.29 is 44.0 Å². The summed E-state index contributed by atoms with van der Waals surface area (Å²) in [5.74, 6) is -0.0918. The van der Waals surface area contributed by atoms with Gasteiger partial charge in [-0.3, -0.25) is 4.55 Å². The van der Waals surface area contributed by atoms with Crippen LogP contribution in [0.3, 0.4) is 0 Å². The molecule has 0 radical (unpaired) electrons. The molecule has 0 unspecified atom stereocenters. The van der Waals surface area contributed by atoms with E-state index in [1.165, 1.54) is 12.8 Å². The first-order valence-corrected chi connectivity index (χ1v) is 7.30. The maximum absolute atomic E-state index is 10.3. The summed E-state index contributed by atoms with van der Waals surface area (Å²) < 4.78 is 29.1. The van der Waals surface area contributed by atoms with E-state index in [4.69, 9.17) is 4.55 Å². The molecule has 0 aliphatic heterocycles. The van der Waals surface area contributed by atoms with Gasteiger partial charge < -0.3 is 1.43 Å². The van der Waals surface area contributed by atoms with Crippen LogP contribution in [-0.4, -0.2) is 24.1 Å². The predicted molar refractivity (Wildman–Crippen MR) is 59.0 cm³/mol. The van der Waals surface area contributed by atoms with Crippen molar-refractivity contribution in [2.45, 2.75) is 38.5 Å². The van der Waals surface area contributed by atoms with Crippen LogP contribution in [0.1, 0.15) is 40.0 Å². The Morgan fingerprint density at radius 3 is 1.86 bits per heavy atom. The molecule has 0 aliphatic rings. The van der Waals surface area contributed by atoms with Crippen LogP contribution in [-0.2, 0) is 10.1 Å². The molecule has 0 rings (SSSR count). The monoisotopic (exact) mass is 296 g/mol. The Morgan fingerprint density at radius 1 is 1.00 bits per heavy atom. The van der Waals surface area contributed by atoms with Crippen LogP contribution in [0.4, 0.5) is 0 Å². The van der Waals surface area contributed by atoms with Gasteiger partial charge in [0.1, 0.15) is 0 Å². The van der Waals surface area contributed by atoms with Crippen molar-refractivity contribution in [3.63, 3.8) is 0 Å². The smallest absolute Gasteiger partial charge is 1.00 e. The molecule has 0 spiro atoms.